The van der Waals surface area contributed by atoms with Gasteiger partial charge >= 0.3 is 0 Å². The Kier molecular flexibility index (Phi) is 10.5. The molecule has 2 radical (unpaired) electrons. The maximum absolute atomic E-state index is 11.5. The molecule has 0 saturated carbocycles. The quantitative estimate of drug-likeness (QED) is 0.202. The fourth-order valence-electron chi connectivity index (χ4n) is 2.17. The van der Waals surface area contributed by atoms with Gasteiger partial charge in [0.05, 0.1) is 9.85 Å². The zero-order valence-corrected chi connectivity index (χ0v) is 21.1. The third-order valence-electron chi connectivity index (χ3n) is 3.41. The van der Waals surface area contributed by atoms with Gasteiger partial charge < -0.3 is 0 Å². The molecule has 0 aliphatic rings. The Morgan fingerprint density at radius 1 is 0.700 bits per heavy atom. The summed E-state index contributed by atoms with van der Waals surface area (Å²) in [5, 5.41) is 21.5. The van der Waals surface area contributed by atoms with E-state index < -0.39 is 51.2 Å². The molecule has 0 fully saturated rings. The molecule has 0 saturated heterocycles. The molecule has 0 bridgehead atoms. The monoisotopic (exact) mass is 476 g/mol. The number of hydrogen-bond acceptors (Lipinski definition) is 8. The SMILES string of the molecule is O=[N+]([O-])c1ccc(/C=C/c2ccc([N+](=O)[O-])cc2S(=O)(=O)O)c(S(=O)(=O)O)c1.[Na].[Na]. The number of non-ortho nitro benzene ring substituents is 2. The number of nitro benzene ring substituents is 2. The summed E-state index contributed by atoms with van der Waals surface area (Å²) < 4.78 is 64.4. The second-order valence-corrected chi connectivity index (χ2v) is 8.02. The molecule has 0 heterocycles. The molecule has 2 rings (SSSR count). The van der Waals surface area contributed by atoms with Crippen LogP contribution in [0, 0.1) is 20.2 Å². The number of benzene rings is 2. The van der Waals surface area contributed by atoms with Crippen molar-refractivity contribution in [1.82, 2.24) is 0 Å². The van der Waals surface area contributed by atoms with Crippen LogP contribution in [-0.4, -0.2) is 94.9 Å². The molecule has 0 amide bonds. The van der Waals surface area contributed by atoms with Gasteiger partial charge in [-0.1, -0.05) is 12.2 Å². The van der Waals surface area contributed by atoms with Gasteiger partial charge in [-0.05, 0) is 23.3 Å². The van der Waals surface area contributed by atoms with E-state index in [2.05, 4.69) is 0 Å². The number of rotatable bonds is 6. The van der Waals surface area contributed by atoms with Crippen molar-refractivity contribution < 1.29 is 35.8 Å². The molecule has 12 nitrogen and oxygen atoms in total. The van der Waals surface area contributed by atoms with E-state index in [9.17, 15) is 46.2 Å². The molecule has 150 valence electrons. The second-order valence-electron chi connectivity index (χ2n) is 5.24. The maximum Gasteiger partial charge on any atom is 0.295 e. The van der Waals surface area contributed by atoms with Gasteiger partial charge in [-0.15, -0.1) is 0 Å². The van der Waals surface area contributed by atoms with Crippen LogP contribution in [0.3, 0.4) is 0 Å². The summed E-state index contributed by atoms with van der Waals surface area (Å²) in [6, 6.07) is 5.11. The minimum absolute atomic E-state index is 0. The first-order valence-corrected chi connectivity index (χ1v) is 9.88. The fraction of sp³-hybridized carbons (Fsp3) is 0. The maximum atomic E-state index is 11.5. The zero-order chi connectivity index (χ0) is 21.3. The van der Waals surface area contributed by atoms with Crippen molar-refractivity contribution in [2.45, 2.75) is 9.79 Å². The number of nitro groups is 2. The molecule has 16 heteroatoms. The predicted molar refractivity (Wildman–Crippen MR) is 106 cm³/mol. The Hall–Kier alpha value is -1.20. The van der Waals surface area contributed by atoms with E-state index in [-0.39, 0.29) is 70.2 Å². The van der Waals surface area contributed by atoms with Crippen molar-refractivity contribution in [3.05, 3.63) is 67.8 Å². The van der Waals surface area contributed by atoms with Crippen molar-refractivity contribution in [2.75, 3.05) is 0 Å². The summed E-state index contributed by atoms with van der Waals surface area (Å²) in [5.74, 6) is 0. The van der Waals surface area contributed by atoms with E-state index in [1.54, 1.807) is 0 Å². The van der Waals surface area contributed by atoms with Crippen LogP contribution in [0.2, 0.25) is 0 Å². The number of hydrogen-bond donors (Lipinski definition) is 2. The van der Waals surface area contributed by atoms with Crippen LogP contribution >= 0.6 is 0 Å². The van der Waals surface area contributed by atoms with Gasteiger partial charge in [0.2, 0.25) is 0 Å². The molecule has 30 heavy (non-hydrogen) atoms. The Morgan fingerprint density at radius 2 is 1.00 bits per heavy atom. The first kappa shape index (κ1) is 28.8. The molecule has 0 aliphatic heterocycles. The molecule has 2 aromatic rings. The van der Waals surface area contributed by atoms with Gasteiger partial charge in [-0.2, -0.15) is 16.8 Å². The summed E-state index contributed by atoms with van der Waals surface area (Å²) in [6.45, 7) is 0. The molecule has 2 aromatic carbocycles. The molecule has 0 spiro atoms. The van der Waals surface area contributed by atoms with Gasteiger partial charge in [0.1, 0.15) is 9.79 Å². The third-order valence-corrected chi connectivity index (χ3v) is 5.23. The van der Waals surface area contributed by atoms with Gasteiger partial charge in [-0.3, -0.25) is 29.3 Å². The van der Waals surface area contributed by atoms with Gasteiger partial charge in [0.15, 0.2) is 0 Å². The van der Waals surface area contributed by atoms with Gasteiger partial charge in [0.25, 0.3) is 31.6 Å². The molecule has 0 aliphatic carbocycles. The van der Waals surface area contributed by atoms with Crippen molar-refractivity contribution in [3.63, 3.8) is 0 Å². The molecule has 2 N–H and O–H groups in total. The summed E-state index contributed by atoms with van der Waals surface area (Å²) in [7, 11) is -9.73. The molecule has 0 unspecified atom stereocenters. The van der Waals surface area contributed by atoms with Crippen LogP contribution in [0.15, 0.2) is 46.2 Å². The van der Waals surface area contributed by atoms with E-state index in [1.165, 1.54) is 0 Å². The Morgan fingerprint density at radius 3 is 1.23 bits per heavy atom. The molecular formula is C14H10N2Na2O10S2. The predicted octanol–water partition coefficient (Wildman–Crippen LogP) is 1.41. The van der Waals surface area contributed by atoms with Crippen LogP contribution in [0.4, 0.5) is 11.4 Å². The van der Waals surface area contributed by atoms with E-state index in [0.29, 0.717) is 12.1 Å². The zero-order valence-electron chi connectivity index (χ0n) is 15.5. The summed E-state index contributed by atoms with van der Waals surface area (Å²) in [5.41, 5.74) is -1.68. The van der Waals surface area contributed by atoms with E-state index in [0.717, 1.165) is 36.4 Å². The van der Waals surface area contributed by atoms with Crippen LogP contribution in [0.1, 0.15) is 11.1 Å². The van der Waals surface area contributed by atoms with Crippen LogP contribution in [0.5, 0.6) is 0 Å². The standard InChI is InChI=1S/C14H10N2O10S2.2Na/c17-15(18)11-5-3-9(13(7-11)27(21,22)23)1-2-10-4-6-12(16(19)20)8-14(10)28(24,25)26;;/h1-8H,(H,21,22,23)(H,24,25,26);;/b2-1+;;. The average molecular weight is 476 g/mol. The average Bonchev–Trinajstić information content (AvgIpc) is 2.57. The Bertz CT molecular complexity index is 1130. The first-order chi connectivity index (χ1) is 12.8. The van der Waals surface area contributed by atoms with Crippen molar-refractivity contribution >= 4 is 103 Å². The number of nitrogens with zero attached hydrogens (tertiary/aromatic N) is 2. The van der Waals surface area contributed by atoms with E-state index in [4.69, 9.17) is 0 Å². The second kappa shape index (κ2) is 10.9. The van der Waals surface area contributed by atoms with Crippen LogP contribution < -0.4 is 0 Å². The minimum Gasteiger partial charge on any atom is -0.282 e. The summed E-state index contributed by atoms with van der Waals surface area (Å²) in [4.78, 5) is 18.2. The topological polar surface area (TPSA) is 195 Å². The normalized spacial score (nSPS) is 11.4. The fourth-order valence-corrected chi connectivity index (χ4v) is 3.58. The smallest absolute Gasteiger partial charge is 0.282 e. The first-order valence-electron chi connectivity index (χ1n) is 7.00. The third kappa shape index (κ3) is 7.19. The van der Waals surface area contributed by atoms with Gasteiger partial charge in [-0.25, -0.2) is 0 Å². The van der Waals surface area contributed by atoms with E-state index in [1.807, 2.05) is 0 Å². The van der Waals surface area contributed by atoms with Crippen molar-refractivity contribution in [1.29, 1.82) is 0 Å². The minimum atomic E-state index is -4.86. The van der Waals surface area contributed by atoms with Crippen LogP contribution in [0.25, 0.3) is 12.2 Å². The van der Waals surface area contributed by atoms with Crippen molar-refractivity contribution in [2.24, 2.45) is 0 Å². The summed E-state index contributed by atoms with van der Waals surface area (Å²) >= 11 is 0. The van der Waals surface area contributed by atoms with Crippen LogP contribution in [-0.2, 0) is 20.2 Å². The molecular weight excluding hydrogens is 466 g/mol. The van der Waals surface area contributed by atoms with Crippen molar-refractivity contribution in [3.8, 4) is 0 Å². The Labute approximate surface area is 214 Å². The molecule has 0 atom stereocenters. The Balaban J connectivity index is 0.00000420. The summed E-state index contributed by atoms with van der Waals surface area (Å²) in [6.07, 6.45) is 2.01. The van der Waals surface area contributed by atoms with Gasteiger partial charge in [0, 0.05) is 83.4 Å². The van der Waals surface area contributed by atoms with E-state index >= 15 is 0 Å². The molecule has 0 aromatic heterocycles. The largest absolute Gasteiger partial charge is 0.295 e.